The fourth-order valence-corrected chi connectivity index (χ4v) is 2.62. The summed E-state index contributed by atoms with van der Waals surface area (Å²) in [6, 6.07) is 16.3. The molecule has 1 heterocycles. The van der Waals surface area contributed by atoms with Gasteiger partial charge >= 0.3 is 0 Å². The van der Waals surface area contributed by atoms with Crippen molar-refractivity contribution in [2.75, 3.05) is 0 Å². The Kier molecular flexibility index (Phi) is 4.61. The normalized spacial score (nSPS) is 11.9. The van der Waals surface area contributed by atoms with E-state index in [-0.39, 0.29) is 6.54 Å². The Morgan fingerprint density at radius 3 is 2.79 bits per heavy atom. The van der Waals surface area contributed by atoms with Crippen LogP contribution in [0.3, 0.4) is 0 Å². The summed E-state index contributed by atoms with van der Waals surface area (Å²) in [5.74, 6) is 1.22. The minimum absolute atomic E-state index is 0.275. The van der Waals surface area contributed by atoms with Crippen LogP contribution in [0.2, 0.25) is 5.02 Å². The Balaban J connectivity index is 1.85. The van der Waals surface area contributed by atoms with Crippen LogP contribution >= 0.6 is 11.6 Å². The first-order valence-corrected chi connectivity index (χ1v) is 7.80. The van der Waals surface area contributed by atoms with Gasteiger partial charge in [-0.3, -0.25) is 0 Å². The fraction of sp³-hybridized carbons (Fsp3) is 0.167. The lowest BCUT2D eigenvalue weighted by Crippen LogP contribution is -2.11. The van der Waals surface area contributed by atoms with Crippen molar-refractivity contribution >= 4 is 11.6 Å². The Labute approximate surface area is 144 Å². The van der Waals surface area contributed by atoms with Crippen molar-refractivity contribution in [1.82, 2.24) is 14.8 Å². The topological polar surface area (TPSA) is 74.7 Å². The standard InChI is InChI=1S/C18H15ClN4O/c1-12-21-18(15-6-2-4-13(8-15)10-20)22-23(12)11-17(24)14-5-3-7-16(19)9-14/h2-9,17,24H,11H2,1H3/t17-/m1/s1. The van der Waals surface area contributed by atoms with E-state index < -0.39 is 6.10 Å². The minimum Gasteiger partial charge on any atom is -0.386 e. The van der Waals surface area contributed by atoms with E-state index in [1.807, 2.05) is 19.1 Å². The van der Waals surface area contributed by atoms with E-state index in [2.05, 4.69) is 16.2 Å². The van der Waals surface area contributed by atoms with E-state index in [1.165, 1.54) is 0 Å². The van der Waals surface area contributed by atoms with Gasteiger partial charge in [0.1, 0.15) is 5.82 Å². The Hall–Kier alpha value is -2.68. The number of aryl methyl sites for hydroxylation is 1. The van der Waals surface area contributed by atoms with E-state index in [0.29, 0.717) is 22.2 Å². The van der Waals surface area contributed by atoms with Gasteiger partial charge in [-0.05, 0) is 36.8 Å². The van der Waals surface area contributed by atoms with Crippen LogP contribution in [0.15, 0.2) is 48.5 Å². The van der Waals surface area contributed by atoms with Crippen molar-refractivity contribution < 1.29 is 5.11 Å². The van der Waals surface area contributed by atoms with Crippen molar-refractivity contribution in [3.8, 4) is 17.5 Å². The van der Waals surface area contributed by atoms with Gasteiger partial charge in [-0.15, -0.1) is 0 Å². The molecule has 0 aliphatic carbocycles. The molecule has 24 heavy (non-hydrogen) atoms. The van der Waals surface area contributed by atoms with Gasteiger partial charge < -0.3 is 5.11 Å². The second-order valence-electron chi connectivity index (χ2n) is 5.43. The summed E-state index contributed by atoms with van der Waals surface area (Å²) in [6.45, 7) is 2.10. The number of aliphatic hydroxyl groups is 1. The zero-order valence-electron chi connectivity index (χ0n) is 13.0. The highest BCUT2D eigenvalue weighted by atomic mass is 35.5. The maximum Gasteiger partial charge on any atom is 0.181 e. The molecular weight excluding hydrogens is 324 g/mol. The van der Waals surface area contributed by atoms with Gasteiger partial charge in [0.2, 0.25) is 0 Å². The molecule has 0 aliphatic rings. The lowest BCUT2D eigenvalue weighted by molar-refractivity contribution is 0.150. The average Bonchev–Trinajstić information content (AvgIpc) is 2.95. The molecule has 1 aromatic heterocycles. The van der Waals surface area contributed by atoms with Gasteiger partial charge in [-0.1, -0.05) is 35.9 Å². The molecule has 2 aromatic carbocycles. The number of nitrogens with zero attached hydrogens (tertiary/aromatic N) is 4. The number of nitriles is 1. The summed E-state index contributed by atoms with van der Waals surface area (Å²) in [5, 5.41) is 24.4. The Bertz CT molecular complexity index is 913. The smallest absolute Gasteiger partial charge is 0.181 e. The molecule has 6 heteroatoms. The van der Waals surface area contributed by atoms with E-state index >= 15 is 0 Å². The van der Waals surface area contributed by atoms with Crippen molar-refractivity contribution in [2.24, 2.45) is 0 Å². The van der Waals surface area contributed by atoms with Crippen molar-refractivity contribution in [2.45, 2.75) is 19.6 Å². The highest BCUT2D eigenvalue weighted by Crippen LogP contribution is 2.21. The molecule has 120 valence electrons. The summed E-state index contributed by atoms with van der Waals surface area (Å²) < 4.78 is 1.65. The number of benzene rings is 2. The molecular formula is C18H15ClN4O. The molecule has 0 fully saturated rings. The monoisotopic (exact) mass is 338 g/mol. The van der Waals surface area contributed by atoms with Crippen molar-refractivity contribution in [3.05, 3.63) is 70.5 Å². The quantitative estimate of drug-likeness (QED) is 0.789. The van der Waals surface area contributed by atoms with Crippen LogP contribution < -0.4 is 0 Å². The third kappa shape index (κ3) is 3.46. The first kappa shape index (κ1) is 16.2. The molecule has 3 rings (SSSR count). The van der Waals surface area contributed by atoms with Crippen LogP contribution in [0.1, 0.15) is 23.1 Å². The van der Waals surface area contributed by atoms with Crippen LogP contribution in [0.25, 0.3) is 11.4 Å². The molecule has 3 aromatic rings. The number of hydrogen-bond acceptors (Lipinski definition) is 4. The number of hydrogen-bond donors (Lipinski definition) is 1. The number of aromatic nitrogens is 3. The third-order valence-corrected chi connectivity index (χ3v) is 3.92. The predicted molar refractivity (Wildman–Crippen MR) is 91.3 cm³/mol. The number of aliphatic hydroxyl groups excluding tert-OH is 1. The molecule has 0 unspecified atom stereocenters. The van der Waals surface area contributed by atoms with E-state index in [4.69, 9.17) is 16.9 Å². The van der Waals surface area contributed by atoms with Crippen molar-refractivity contribution in [1.29, 1.82) is 5.26 Å². The van der Waals surface area contributed by atoms with Crippen LogP contribution in [-0.4, -0.2) is 19.9 Å². The predicted octanol–water partition coefficient (Wildman–Crippen LogP) is 3.51. The van der Waals surface area contributed by atoms with E-state index in [0.717, 1.165) is 11.1 Å². The van der Waals surface area contributed by atoms with Gasteiger partial charge in [0, 0.05) is 10.6 Å². The van der Waals surface area contributed by atoms with Gasteiger partial charge in [0.15, 0.2) is 5.82 Å². The third-order valence-electron chi connectivity index (χ3n) is 3.69. The Morgan fingerprint density at radius 2 is 2.04 bits per heavy atom. The maximum absolute atomic E-state index is 10.4. The van der Waals surface area contributed by atoms with E-state index in [1.54, 1.807) is 41.1 Å². The summed E-state index contributed by atoms with van der Waals surface area (Å²) in [7, 11) is 0. The highest BCUT2D eigenvalue weighted by Gasteiger charge is 2.14. The summed E-state index contributed by atoms with van der Waals surface area (Å²) in [6.07, 6.45) is -0.734. The van der Waals surface area contributed by atoms with Gasteiger partial charge in [0.25, 0.3) is 0 Å². The van der Waals surface area contributed by atoms with Crippen molar-refractivity contribution in [3.63, 3.8) is 0 Å². The zero-order chi connectivity index (χ0) is 17.1. The van der Waals surface area contributed by atoms with Gasteiger partial charge in [-0.25, -0.2) is 9.67 Å². The Morgan fingerprint density at radius 1 is 1.25 bits per heavy atom. The van der Waals surface area contributed by atoms with Crippen LogP contribution in [0.4, 0.5) is 0 Å². The summed E-state index contributed by atoms with van der Waals surface area (Å²) in [5.41, 5.74) is 2.05. The number of rotatable bonds is 4. The average molecular weight is 339 g/mol. The maximum atomic E-state index is 10.4. The fourth-order valence-electron chi connectivity index (χ4n) is 2.43. The summed E-state index contributed by atoms with van der Waals surface area (Å²) >= 11 is 5.96. The largest absolute Gasteiger partial charge is 0.386 e. The zero-order valence-corrected chi connectivity index (χ0v) is 13.8. The first-order chi connectivity index (χ1) is 11.6. The lowest BCUT2D eigenvalue weighted by atomic mass is 10.1. The molecule has 0 amide bonds. The molecule has 0 saturated heterocycles. The molecule has 0 spiro atoms. The van der Waals surface area contributed by atoms with Crippen LogP contribution in [0, 0.1) is 18.3 Å². The highest BCUT2D eigenvalue weighted by molar-refractivity contribution is 6.30. The second-order valence-corrected chi connectivity index (χ2v) is 5.86. The second kappa shape index (κ2) is 6.83. The van der Waals surface area contributed by atoms with Crippen LogP contribution in [-0.2, 0) is 6.54 Å². The van der Waals surface area contributed by atoms with E-state index in [9.17, 15) is 5.11 Å². The molecule has 1 N–H and O–H groups in total. The SMILES string of the molecule is Cc1nc(-c2cccc(C#N)c2)nn1C[C@@H](O)c1cccc(Cl)c1. The number of halogens is 1. The van der Waals surface area contributed by atoms with Crippen LogP contribution in [0.5, 0.6) is 0 Å². The first-order valence-electron chi connectivity index (χ1n) is 7.42. The minimum atomic E-state index is -0.734. The molecule has 0 bridgehead atoms. The molecule has 0 saturated carbocycles. The molecule has 1 atom stereocenters. The summed E-state index contributed by atoms with van der Waals surface area (Å²) in [4.78, 5) is 4.43. The molecule has 0 aliphatic heterocycles. The van der Waals surface area contributed by atoms with Gasteiger partial charge in [-0.2, -0.15) is 10.4 Å². The molecule has 5 nitrogen and oxygen atoms in total. The molecule has 0 radical (unpaired) electrons. The lowest BCUT2D eigenvalue weighted by Gasteiger charge is -2.12. The van der Waals surface area contributed by atoms with Gasteiger partial charge in [0.05, 0.1) is 24.3 Å².